The first-order valence-corrected chi connectivity index (χ1v) is 9.09. The molecule has 1 fully saturated rings. The number of carbonyl (C=O) groups is 1. The maximum Gasteiger partial charge on any atom is 0.251 e. The monoisotopic (exact) mass is 367 g/mol. The van der Waals surface area contributed by atoms with E-state index >= 15 is 0 Å². The van der Waals surface area contributed by atoms with E-state index in [4.69, 9.17) is 4.74 Å². The van der Waals surface area contributed by atoms with Gasteiger partial charge in [-0.05, 0) is 59.3 Å². The van der Waals surface area contributed by atoms with Crippen LogP contribution in [-0.4, -0.2) is 18.6 Å². The fourth-order valence-corrected chi connectivity index (χ4v) is 3.17. The minimum atomic E-state index is 0.0151. The normalized spacial score (nSPS) is 15.8. The molecule has 4 heteroatoms. The largest absolute Gasteiger partial charge is 0.492 e. The van der Waals surface area contributed by atoms with Crippen molar-refractivity contribution in [1.82, 2.24) is 5.32 Å². The summed E-state index contributed by atoms with van der Waals surface area (Å²) >= 11 is 3.50. The first-order chi connectivity index (χ1) is 10.6. The molecule has 0 aromatic heterocycles. The zero-order valence-corrected chi connectivity index (χ0v) is 15.1. The van der Waals surface area contributed by atoms with Crippen LogP contribution in [0.5, 0.6) is 5.75 Å². The Bertz CT molecular complexity index is 496. The van der Waals surface area contributed by atoms with E-state index in [0.717, 1.165) is 29.5 Å². The van der Waals surface area contributed by atoms with E-state index in [2.05, 4.69) is 35.1 Å². The molecule has 0 spiro atoms. The fourth-order valence-electron chi connectivity index (χ4n) is 2.68. The summed E-state index contributed by atoms with van der Waals surface area (Å²) in [7, 11) is 0. The van der Waals surface area contributed by atoms with Gasteiger partial charge in [0.2, 0.25) is 0 Å². The second-order valence-electron chi connectivity index (χ2n) is 6.48. The predicted octanol–water partition coefficient (Wildman–Crippen LogP) is 4.94. The van der Waals surface area contributed by atoms with Crippen LogP contribution in [0.15, 0.2) is 22.7 Å². The predicted molar refractivity (Wildman–Crippen MR) is 93.4 cm³/mol. The van der Waals surface area contributed by atoms with Gasteiger partial charge in [0.1, 0.15) is 5.75 Å². The van der Waals surface area contributed by atoms with E-state index in [-0.39, 0.29) is 5.91 Å². The van der Waals surface area contributed by atoms with Crippen LogP contribution in [0.25, 0.3) is 0 Å². The Balaban J connectivity index is 1.91. The Morgan fingerprint density at radius 3 is 2.68 bits per heavy atom. The van der Waals surface area contributed by atoms with Crippen molar-refractivity contribution in [2.45, 2.75) is 58.4 Å². The number of ether oxygens (including phenoxy) is 1. The van der Waals surface area contributed by atoms with E-state index in [0.29, 0.717) is 24.1 Å². The first-order valence-electron chi connectivity index (χ1n) is 8.29. The lowest BCUT2D eigenvalue weighted by molar-refractivity contribution is 0.0927. The molecule has 0 heterocycles. The molecule has 1 amide bonds. The SMILES string of the molecule is CC(C)CCOc1ccc(C(=O)NC2CCCCC2)cc1Br. The molecular weight excluding hydrogens is 342 g/mol. The molecule has 0 aliphatic heterocycles. The summed E-state index contributed by atoms with van der Waals surface area (Å²) in [4.78, 5) is 12.3. The van der Waals surface area contributed by atoms with Crippen LogP contribution in [0.3, 0.4) is 0 Å². The summed E-state index contributed by atoms with van der Waals surface area (Å²) in [6.45, 7) is 5.05. The molecule has 0 saturated heterocycles. The van der Waals surface area contributed by atoms with Gasteiger partial charge in [0.15, 0.2) is 0 Å². The number of halogens is 1. The molecule has 0 bridgehead atoms. The summed E-state index contributed by atoms with van der Waals surface area (Å²) in [6.07, 6.45) is 6.96. The number of nitrogens with one attached hydrogen (secondary N) is 1. The quantitative estimate of drug-likeness (QED) is 0.773. The van der Waals surface area contributed by atoms with Crippen molar-refractivity contribution in [2.24, 2.45) is 5.92 Å². The van der Waals surface area contributed by atoms with E-state index in [1.54, 1.807) is 0 Å². The Kier molecular flexibility index (Phi) is 6.74. The number of amides is 1. The van der Waals surface area contributed by atoms with Crippen LogP contribution < -0.4 is 10.1 Å². The van der Waals surface area contributed by atoms with Crippen molar-refractivity contribution < 1.29 is 9.53 Å². The van der Waals surface area contributed by atoms with Crippen LogP contribution in [0, 0.1) is 5.92 Å². The molecule has 2 rings (SSSR count). The lowest BCUT2D eigenvalue weighted by atomic mass is 9.95. The average Bonchev–Trinajstić information content (AvgIpc) is 2.49. The molecule has 22 heavy (non-hydrogen) atoms. The molecule has 1 saturated carbocycles. The number of rotatable bonds is 6. The van der Waals surface area contributed by atoms with Gasteiger partial charge >= 0.3 is 0 Å². The third kappa shape index (κ3) is 5.31. The van der Waals surface area contributed by atoms with Gasteiger partial charge < -0.3 is 10.1 Å². The standard InChI is InChI=1S/C18H26BrNO2/c1-13(2)10-11-22-17-9-8-14(12-16(17)19)18(21)20-15-6-4-3-5-7-15/h8-9,12-13,15H,3-7,10-11H2,1-2H3,(H,20,21). The third-order valence-corrected chi connectivity index (χ3v) is 4.71. The lowest BCUT2D eigenvalue weighted by Crippen LogP contribution is -2.36. The molecule has 0 atom stereocenters. The molecule has 1 aliphatic rings. The molecule has 1 aromatic carbocycles. The zero-order valence-electron chi connectivity index (χ0n) is 13.5. The highest BCUT2D eigenvalue weighted by molar-refractivity contribution is 9.10. The summed E-state index contributed by atoms with van der Waals surface area (Å²) in [5.74, 6) is 1.44. The van der Waals surface area contributed by atoms with Crippen LogP contribution in [0.1, 0.15) is 62.7 Å². The van der Waals surface area contributed by atoms with Gasteiger partial charge in [-0.15, -0.1) is 0 Å². The van der Waals surface area contributed by atoms with Crippen LogP contribution in [0.4, 0.5) is 0 Å². The Hall–Kier alpha value is -1.03. The molecular formula is C18H26BrNO2. The Morgan fingerprint density at radius 2 is 2.05 bits per heavy atom. The Labute approximate surface area is 141 Å². The lowest BCUT2D eigenvalue weighted by Gasteiger charge is -2.22. The Morgan fingerprint density at radius 1 is 1.32 bits per heavy atom. The minimum Gasteiger partial charge on any atom is -0.492 e. The van der Waals surface area contributed by atoms with E-state index in [1.165, 1.54) is 19.3 Å². The first kappa shape index (κ1) is 17.3. The molecule has 3 nitrogen and oxygen atoms in total. The topological polar surface area (TPSA) is 38.3 Å². The third-order valence-electron chi connectivity index (χ3n) is 4.09. The highest BCUT2D eigenvalue weighted by Gasteiger charge is 2.17. The summed E-state index contributed by atoms with van der Waals surface area (Å²) in [5, 5.41) is 3.14. The molecule has 0 radical (unpaired) electrons. The maximum atomic E-state index is 12.3. The molecule has 122 valence electrons. The highest BCUT2D eigenvalue weighted by Crippen LogP contribution is 2.27. The maximum absolute atomic E-state index is 12.3. The molecule has 1 N–H and O–H groups in total. The number of hydrogen-bond donors (Lipinski definition) is 1. The van der Waals surface area contributed by atoms with Gasteiger partial charge in [0, 0.05) is 11.6 Å². The van der Waals surface area contributed by atoms with Gasteiger partial charge in [0.25, 0.3) is 5.91 Å². The smallest absolute Gasteiger partial charge is 0.251 e. The zero-order chi connectivity index (χ0) is 15.9. The van der Waals surface area contributed by atoms with Gasteiger partial charge in [-0.1, -0.05) is 33.1 Å². The van der Waals surface area contributed by atoms with Gasteiger partial charge in [-0.25, -0.2) is 0 Å². The van der Waals surface area contributed by atoms with Crippen molar-refractivity contribution in [3.8, 4) is 5.75 Å². The van der Waals surface area contributed by atoms with Crippen molar-refractivity contribution in [1.29, 1.82) is 0 Å². The minimum absolute atomic E-state index is 0.0151. The van der Waals surface area contributed by atoms with Crippen molar-refractivity contribution in [3.05, 3.63) is 28.2 Å². The van der Waals surface area contributed by atoms with Crippen molar-refractivity contribution >= 4 is 21.8 Å². The number of carbonyl (C=O) groups excluding carboxylic acids is 1. The molecule has 1 aliphatic carbocycles. The summed E-state index contributed by atoms with van der Waals surface area (Å²) in [5.41, 5.74) is 0.689. The van der Waals surface area contributed by atoms with Crippen LogP contribution in [0.2, 0.25) is 0 Å². The fraction of sp³-hybridized carbons (Fsp3) is 0.611. The second-order valence-corrected chi connectivity index (χ2v) is 7.34. The summed E-state index contributed by atoms with van der Waals surface area (Å²) in [6, 6.07) is 5.90. The van der Waals surface area contributed by atoms with Crippen LogP contribution >= 0.6 is 15.9 Å². The highest BCUT2D eigenvalue weighted by atomic mass is 79.9. The van der Waals surface area contributed by atoms with Crippen LogP contribution in [-0.2, 0) is 0 Å². The van der Waals surface area contributed by atoms with E-state index in [1.807, 2.05) is 18.2 Å². The number of hydrogen-bond acceptors (Lipinski definition) is 2. The number of benzene rings is 1. The van der Waals surface area contributed by atoms with Gasteiger partial charge in [-0.3, -0.25) is 4.79 Å². The van der Waals surface area contributed by atoms with Crippen molar-refractivity contribution in [2.75, 3.05) is 6.61 Å². The average molecular weight is 368 g/mol. The van der Waals surface area contributed by atoms with Gasteiger partial charge in [-0.2, -0.15) is 0 Å². The molecule has 1 aromatic rings. The second kappa shape index (κ2) is 8.56. The molecule has 0 unspecified atom stereocenters. The summed E-state index contributed by atoms with van der Waals surface area (Å²) < 4.78 is 6.59. The van der Waals surface area contributed by atoms with Gasteiger partial charge in [0.05, 0.1) is 11.1 Å². The van der Waals surface area contributed by atoms with E-state index in [9.17, 15) is 4.79 Å². The van der Waals surface area contributed by atoms with Crippen molar-refractivity contribution in [3.63, 3.8) is 0 Å². The van der Waals surface area contributed by atoms with E-state index < -0.39 is 0 Å².